The van der Waals surface area contributed by atoms with E-state index in [2.05, 4.69) is 20.4 Å². The molecule has 0 unspecified atom stereocenters. The maximum Gasteiger partial charge on any atom is 0.443 e. The summed E-state index contributed by atoms with van der Waals surface area (Å²) in [6.07, 6.45) is -4.77. The van der Waals surface area contributed by atoms with Crippen LogP contribution in [0.3, 0.4) is 0 Å². The molecule has 0 bridgehead atoms. The van der Waals surface area contributed by atoms with Gasteiger partial charge in [-0.1, -0.05) is 17.4 Å². The van der Waals surface area contributed by atoms with Gasteiger partial charge in [-0.2, -0.15) is 18.3 Å². The zero-order valence-corrected chi connectivity index (χ0v) is 21.0. The zero-order valence-electron chi connectivity index (χ0n) is 20.1. The fourth-order valence-electron chi connectivity index (χ4n) is 4.07. The van der Waals surface area contributed by atoms with Crippen LogP contribution in [0.5, 0.6) is 0 Å². The van der Waals surface area contributed by atoms with Gasteiger partial charge in [-0.05, 0) is 32.9 Å². The van der Waals surface area contributed by atoms with Crippen LogP contribution in [-0.4, -0.2) is 62.1 Å². The number of halogens is 4. The summed E-state index contributed by atoms with van der Waals surface area (Å²) in [7, 11) is 0. The van der Waals surface area contributed by atoms with Crippen molar-refractivity contribution in [2.45, 2.75) is 39.5 Å². The van der Waals surface area contributed by atoms with Gasteiger partial charge >= 0.3 is 6.18 Å². The molecule has 0 aliphatic carbocycles. The molecule has 1 aliphatic rings. The number of piperazine rings is 1. The molecule has 0 spiro atoms. The Balaban J connectivity index is 1.55. The van der Waals surface area contributed by atoms with Crippen LogP contribution in [0.2, 0.25) is 0 Å². The number of aromatic nitrogens is 4. The van der Waals surface area contributed by atoms with Gasteiger partial charge in [-0.3, -0.25) is 9.59 Å². The Morgan fingerprint density at radius 1 is 1.22 bits per heavy atom. The molecule has 2 aromatic heterocycles. The van der Waals surface area contributed by atoms with E-state index < -0.39 is 28.6 Å². The Morgan fingerprint density at radius 2 is 1.95 bits per heavy atom. The third-order valence-electron chi connectivity index (χ3n) is 5.85. The molecule has 37 heavy (non-hydrogen) atoms. The van der Waals surface area contributed by atoms with E-state index in [0.717, 1.165) is 6.07 Å². The highest BCUT2D eigenvalue weighted by Crippen LogP contribution is 2.39. The molecule has 198 valence electrons. The standard InChI is InChI=1S/C22H24F4N8O2S/c1-11-9-32(7-8-33(11)16(35)10-34-13(3)28-12(2)31-34)20-18(30-21(37-20)22(24,25)26)19(36)29-15-6-4-5-14(23)17(15)27/h4-6,11H,7-10,27H2,1-3H3,(H,29,36)/t11-/m1/s1. The van der Waals surface area contributed by atoms with Crippen LogP contribution in [0.25, 0.3) is 0 Å². The number of rotatable bonds is 5. The first-order valence-corrected chi connectivity index (χ1v) is 12.0. The first-order chi connectivity index (χ1) is 17.3. The summed E-state index contributed by atoms with van der Waals surface area (Å²) in [4.78, 5) is 36.8. The number of nitrogens with zero attached hydrogens (tertiary/aromatic N) is 6. The van der Waals surface area contributed by atoms with Crippen molar-refractivity contribution in [2.24, 2.45) is 0 Å². The lowest BCUT2D eigenvalue weighted by atomic mass is 10.2. The molecule has 2 amide bonds. The van der Waals surface area contributed by atoms with Crippen molar-refractivity contribution in [1.29, 1.82) is 0 Å². The Morgan fingerprint density at radius 3 is 2.57 bits per heavy atom. The molecule has 3 N–H and O–H groups in total. The Kier molecular flexibility index (Phi) is 7.08. The highest BCUT2D eigenvalue weighted by Gasteiger charge is 2.39. The zero-order chi connectivity index (χ0) is 27.1. The number of aryl methyl sites for hydroxylation is 2. The summed E-state index contributed by atoms with van der Waals surface area (Å²) in [6, 6.07) is 3.36. The number of para-hydroxylation sites is 1. The highest BCUT2D eigenvalue weighted by molar-refractivity contribution is 7.16. The van der Waals surface area contributed by atoms with Crippen LogP contribution in [0.15, 0.2) is 18.2 Å². The van der Waals surface area contributed by atoms with Crippen LogP contribution in [0, 0.1) is 19.7 Å². The van der Waals surface area contributed by atoms with Gasteiger partial charge in [-0.25, -0.2) is 19.0 Å². The van der Waals surface area contributed by atoms with Gasteiger partial charge in [0.1, 0.15) is 29.0 Å². The number of carbonyl (C=O) groups excluding carboxylic acids is 2. The van der Waals surface area contributed by atoms with Crippen molar-refractivity contribution in [3.8, 4) is 0 Å². The van der Waals surface area contributed by atoms with Crippen molar-refractivity contribution in [3.05, 3.63) is 46.4 Å². The van der Waals surface area contributed by atoms with Crippen molar-refractivity contribution >= 4 is 39.5 Å². The second-order valence-corrected chi connectivity index (χ2v) is 9.55. The largest absolute Gasteiger partial charge is 0.443 e. The van der Waals surface area contributed by atoms with Crippen molar-refractivity contribution in [3.63, 3.8) is 0 Å². The average Bonchev–Trinajstić information content (AvgIpc) is 3.40. The SMILES string of the molecule is Cc1nc(C)n(CC(=O)N2CCN(c3sc(C(F)(F)F)nc3C(=O)Nc3cccc(F)c3N)C[C@H]2C)n1. The van der Waals surface area contributed by atoms with E-state index >= 15 is 0 Å². The van der Waals surface area contributed by atoms with E-state index in [0.29, 0.717) is 23.0 Å². The third-order valence-corrected chi connectivity index (χ3v) is 7.01. The van der Waals surface area contributed by atoms with Crippen LogP contribution >= 0.6 is 11.3 Å². The van der Waals surface area contributed by atoms with Crippen LogP contribution < -0.4 is 16.0 Å². The van der Waals surface area contributed by atoms with E-state index in [-0.39, 0.29) is 54.5 Å². The molecular weight excluding hydrogens is 516 g/mol. The third kappa shape index (κ3) is 5.50. The monoisotopic (exact) mass is 540 g/mol. The summed E-state index contributed by atoms with van der Waals surface area (Å²) >= 11 is 0.336. The Labute approximate surface area is 213 Å². The number of amides is 2. The topological polar surface area (TPSA) is 122 Å². The number of hydrogen-bond donors (Lipinski definition) is 2. The molecule has 1 fully saturated rings. The average molecular weight is 541 g/mol. The molecule has 1 aliphatic heterocycles. The van der Waals surface area contributed by atoms with Gasteiger partial charge in [-0.15, -0.1) is 0 Å². The molecular formula is C22H24F4N8O2S. The number of benzene rings is 1. The van der Waals surface area contributed by atoms with Gasteiger partial charge in [0.25, 0.3) is 5.91 Å². The van der Waals surface area contributed by atoms with Gasteiger partial charge in [0, 0.05) is 25.7 Å². The van der Waals surface area contributed by atoms with Crippen molar-refractivity contribution in [1.82, 2.24) is 24.6 Å². The first kappa shape index (κ1) is 26.3. The highest BCUT2D eigenvalue weighted by atomic mass is 32.1. The number of nitrogen functional groups attached to an aromatic ring is 1. The Bertz CT molecular complexity index is 1340. The van der Waals surface area contributed by atoms with Crippen molar-refractivity contribution < 1.29 is 27.2 Å². The summed E-state index contributed by atoms with van der Waals surface area (Å²) in [5.74, 6) is -0.809. The number of nitrogens with two attached hydrogens (primary N) is 1. The minimum absolute atomic E-state index is 0.00138. The molecule has 4 rings (SSSR count). The van der Waals surface area contributed by atoms with E-state index in [4.69, 9.17) is 5.73 Å². The second kappa shape index (κ2) is 9.95. The molecule has 0 saturated carbocycles. The van der Waals surface area contributed by atoms with E-state index in [1.165, 1.54) is 16.8 Å². The van der Waals surface area contributed by atoms with Crippen LogP contribution in [0.1, 0.15) is 34.1 Å². The number of nitrogens with one attached hydrogen (secondary N) is 1. The second-order valence-electron chi connectivity index (χ2n) is 8.57. The predicted octanol–water partition coefficient (Wildman–Crippen LogP) is 3.08. The maximum absolute atomic E-state index is 13.8. The smallest absolute Gasteiger partial charge is 0.395 e. The van der Waals surface area contributed by atoms with Crippen molar-refractivity contribution in [2.75, 3.05) is 35.6 Å². The number of anilines is 3. The molecule has 15 heteroatoms. The van der Waals surface area contributed by atoms with Gasteiger partial charge < -0.3 is 20.9 Å². The number of alkyl halides is 3. The summed E-state index contributed by atoms with van der Waals surface area (Å²) in [6.45, 7) is 5.76. The number of hydrogen-bond acceptors (Lipinski definition) is 8. The van der Waals surface area contributed by atoms with E-state index in [1.807, 2.05) is 0 Å². The Hall–Kier alpha value is -3.75. The summed E-state index contributed by atoms with van der Waals surface area (Å²) in [5.41, 5.74) is 4.76. The molecule has 1 aromatic carbocycles. The molecule has 1 atom stereocenters. The number of carbonyl (C=O) groups is 2. The first-order valence-electron chi connectivity index (χ1n) is 11.2. The minimum Gasteiger partial charge on any atom is -0.395 e. The molecule has 10 nitrogen and oxygen atoms in total. The van der Waals surface area contributed by atoms with Gasteiger partial charge in [0.05, 0.1) is 11.4 Å². The predicted molar refractivity (Wildman–Crippen MR) is 129 cm³/mol. The lowest BCUT2D eigenvalue weighted by molar-refractivity contribution is -0.137. The molecule has 3 aromatic rings. The van der Waals surface area contributed by atoms with Gasteiger partial charge in [0.2, 0.25) is 10.9 Å². The van der Waals surface area contributed by atoms with E-state index in [1.54, 1.807) is 30.6 Å². The molecule has 1 saturated heterocycles. The fraction of sp³-hybridized carbons (Fsp3) is 0.409. The lowest BCUT2D eigenvalue weighted by Gasteiger charge is -2.40. The van der Waals surface area contributed by atoms with Gasteiger partial charge in [0.15, 0.2) is 5.69 Å². The fourth-order valence-corrected chi connectivity index (χ4v) is 5.03. The van der Waals surface area contributed by atoms with E-state index in [9.17, 15) is 27.2 Å². The molecule has 0 radical (unpaired) electrons. The quantitative estimate of drug-likeness (QED) is 0.377. The normalized spacial score (nSPS) is 16.2. The minimum atomic E-state index is -4.77. The summed E-state index contributed by atoms with van der Waals surface area (Å²) < 4.78 is 55.8. The lowest BCUT2D eigenvalue weighted by Crippen LogP contribution is -2.55. The number of thiazole rings is 1. The van der Waals surface area contributed by atoms with Crippen LogP contribution in [-0.2, 0) is 17.5 Å². The van der Waals surface area contributed by atoms with Crippen LogP contribution in [0.4, 0.5) is 33.9 Å². The molecule has 3 heterocycles. The maximum atomic E-state index is 13.8. The summed E-state index contributed by atoms with van der Waals surface area (Å²) in [5, 5.41) is 5.35.